The number of benzene rings is 2. The monoisotopic (exact) mass is 433 g/mol. The van der Waals surface area contributed by atoms with Crippen LogP contribution in [0.1, 0.15) is 12.8 Å². The first-order chi connectivity index (χ1) is 14.4. The Morgan fingerprint density at radius 3 is 2.33 bits per heavy atom. The van der Waals surface area contributed by atoms with Crippen molar-refractivity contribution in [2.24, 2.45) is 0 Å². The molecule has 30 heavy (non-hydrogen) atoms. The van der Waals surface area contributed by atoms with Crippen molar-refractivity contribution in [2.75, 3.05) is 43.1 Å². The van der Waals surface area contributed by atoms with Crippen molar-refractivity contribution >= 4 is 27.3 Å². The number of amides is 1. The van der Waals surface area contributed by atoms with E-state index in [4.69, 9.17) is 4.74 Å². The Morgan fingerprint density at radius 1 is 1.00 bits per heavy atom. The summed E-state index contributed by atoms with van der Waals surface area (Å²) >= 11 is 0. The van der Waals surface area contributed by atoms with Gasteiger partial charge in [0.2, 0.25) is 15.9 Å². The summed E-state index contributed by atoms with van der Waals surface area (Å²) in [4.78, 5) is 15.0. The minimum absolute atomic E-state index is 0.0153. The van der Waals surface area contributed by atoms with E-state index in [9.17, 15) is 17.6 Å². The highest BCUT2D eigenvalue weighted by atomic mass is 32.2. The molecule has 2 aromatic carbocycles. The molecule has 0 saturated carbocycles. The fraction of sp³-hybridized carbons (Fsp3) is 0.381. The van der Waals surface area contributed by atoms with Crippen molar-refractivity contribution in [3.05, 3.63) is 54.3 Å². The van der Waals surface area contributed by atoms with Gasteiger partial charge in [0.1, 0.15) is 11.9 Å². The lowest BCUT2D eigenvalue weighted by Gasteiger charge is -2.29. The number of nitrogens with one attached hydrogen (secondary N) is 1. The molecule has 2 saturated heterocycles. The highest BCUT2D eigenvalue weighted by Crippen LogP contribution is 2.27. The van der Waals surface area contributed by atoms with Crippen LogP contribution in [0.3, 0.4) is 0 Å². The molecule has 0 bridgehead atoms. The zero-order valence-electron chi connectivity index (χ0n) is 16.5. The lowest BCUT2D eigenvalue weighted by Crippen LogP contribution is -2.43. The zero-order chi connectivity index (χ0) is 21.1. The van der Waals surface area contributed by atoms with Crippen molar-refractivity contribution in [1.82, 2.24) is 4.31 Å². The normalized spacial score (nSPS) is 20.3. The van der Waals surface area contributed by atoms with Crippen molar-refractivity contribution in [3.63, 3.8) is 0 Å². The highest BCUT2D eigenvalue weighted by Gasteiger charge is 2.39. The van der Waals surface area contributed by atoms with E-state index < -0.39 is 21.9 Å². The number of hydrogen-bond donors (Lipinski definition) is 1. The van der Waals surface area contributed by atoms with Crippen LogP contribution < -0.4 is 10.2 Å². The number of carbonyl (C=O) groups is 1. The largest absolute Gasteiger partial charge is 0.378 e. The molecule has 2 fully saturated rings. The Balaban J connectivity index is 1.45. The molecule has 7 nitrogen and oxygen atoms in total. The summed E-state index contributed by atoms with van der Waals surface area (Å²) in [7, 11) is -3.88. The first-order valence-electron chi connectivity index (χ1n) is 9.96. The van der Waals surface area contributed by atoms with Crippen LogP contribution in [0.5, 0.6) is 0 Å². The van der Waals surface area contributed by atoms with Crippen LogP contribution in [-0.4, -0.2) is 57.5 Å². The van der Waals surface area contributed by atoms with E-state index in [1.807, 2.05) is 24.3 Å². The first-order valence-corrected chi connectivity index (χ1v) is 11.4. The smallest absolute Gasteiger partial charge is 0.243 e. The lowest BCUT2D eigenvalue weighted by molar-refractivity contribution is -0.119. The van der Waals surface area contributed by atoms with Gasteiger partial charge >= 0.3 is 0 Å². The number of hydrogen-bond acceptors (Lipinski definition) is 5. The van der Waals surface area contributed by atoms with Gasteiger partial charge in [-0.2, -0.15) is 4.31 Å². The van der Waals surface area contributed by atoms with Crippen LogP contribution in [0.2, 0.25) is 0 Å². The summed E-state index contributed by atoms with van der Waals surface area (Å²) in [5, 5.41) is 2.83. The number of halogens is 1. The molecule has 2 aromatic rings. The molecule has 0 aromatic heterocycles. The van der Waals surface area contributed by atoms with E-state index >= 15 is 0 Å². The number of ether oxygens (including phenoxy) is 1. The molecule has 2 aliphatic heterocycles. The quantitative estimate of drug-likeness (QED) is 0.784. The van der Waals surface area contributed by atoms with Crippen LogP contribution in [-0.2, 0) is 19.6 Å². The van der Waals surface area contributed by atoms with E-state index in [1.165, 1.54) is 16.4 Å². The van der Waals surface area contributed by atoms with Gasteiger partial charge in [-0.15, -0.1) is 0 Å². The summed E-state index contributed by atoms with van der Waals surface area (Å²) in [6.45, 7) is 3.29. The number of anilines is 2. The fourth-order valence-electron chi connectivity index (χ4n) is 3.83. The molecule has 4 rings (SSSR count). The summed E-state index contributed by atoms with van der Waals surface area (Å²) in [5.74, 6) is -0.873. The predicted octanol–water partition coefficient (Wildman–Crippen LogP) is 2.45. The third-order valence-electron chi connectivity index (χ3n) is 5.44. The average Bonchev–Trinajstić information content (AvgIpc) is 3.26. The average molecular weight is 434 g/mol. The summed E-state index contributed by atoms with van der Waals surface area (Å²) in [5.41, 5.74) is 1.67. The van der Waals surface area contributed by atoms with Gasteiger partial charge in [-0.05, 0) is 61.4 Å². The van der Waals surface area contributed by atoms with E-state index in [0.717, 1.165) is 30.9 Å². The lowest BCUT2D eigenvalue weighted by atomic mass is 10.2. The van der Waals surface area contributed by atoms with Gasteiger partial charge in [-0.3, -0.25) is 4.79 Å². The Kier molecular flexibility index (Phi) is 6.03. The summed E-state index contributed by atoms with van der Waals surface area (Å²) in [6, 6.07) is 11.4. The molecule has 9 heteroatoms. The Bertz CT molecular complexity index is 990. The first kappa shape index (κ1) is 20.8. The predicted molar refractivity (Wildman–Crippen MR) is 111 cm³/mol. The second-order valence-electron chi connectivity index (χ2n) is 7.36. The van der Waals surface area contributed by atoms with Gasteiger partial charge in [0.25, 0.3) is 0 Å². The molecule has 2 aliphatic rings. The molecule has 0 spiro atoms. The molecule has 0 unspecified atom stereocenters. The van der Waals surface area contributed by atoms with Crippen molar-refractivity contribution in [2.45, 2.75) is 23.8 Å². The maximum Gasteiger partial charge on any atom is 0.243 e. The van der Waals surface area contributed by atoms with Crippen LogP contribution in [0.4, 0.5) is 15.8 Å². The van der Waals surface area contributed by atoms with Gasteiger partial charge in [0.05, 0.1) is 18.1 Å². The van der Waals surface area contributed by atoms with Crippen LogP contribution in [0.25, 0.3) is 0 Å². The van der Waals surface area contributed by atoms with Gasteiger partial charge in [-0.1, -0.05) is 0 Å². The molecule has 160 valence electrons. The van der Waals surface area contributed by atoms with E-state index in [2.05, 4.69) is 10.2 Å². The molecular weight excluding hydrogens is 409 g/mol. The van der Waals surface area contributed by atoms with Crippen LogP contribution in [0.15, 0.2) is 53.4 Å². The Morgan fingerprint density at radius 2 is 1.67 bits per heavy atom. The van der Waals surface area contributed by atoms with Crippen molar-refractivity contribution in [1.29, 1.82) is 0 Å². The Labute approximate surface area is 175 Å². The Hall–Kier alpha value is -2.49. The second kappa shape index (κ2) is 8.71. The van der Waals surface area contributed by atoms with Crippen LogP contribution in [0, 0.1) is 5.82 Å². The minimum atomic E-state index is -3.88. The molecule has 0 radical (unpaired) electrons. The van der Waals surface area contributed by atoms with Gasteiger partial charge < -0.3 is 15.0 Å². The molecule has 1 N–H and O–H groups in total. The SMILES string of the molecule is O=C(Nc1ccc(N2CCOCC2)cc1)[C@@H]1CCCN1S(=O)(=O)c1ccc(F)cc1. The zero-order valence-corrected chi connectivity index (χ0v) is 17.3. The number of morpholine rings is 1. The van der Waals surface area contributed by atoms with Crippen molar-refractivity contribution in [3.8, 4) is 0 Å². The number of sulfonamides is 1. The molecular formula is C21H24FN3O4S. The third kappa shape index (κ3) is 4.33. The minimum Gasteiger partial charge on any atom is -0.378 e. The molecule has 1 atom stereocenters. The van der Waals surface area contributed by atoms with E-state index in [1.54, 1.807) is 0 Å². The van der Waals surface area contributed by atoms with Crippen molar-refractivity contribution < 1.29 is 22.3 Å². The summed E-state index contributed by atoms with van der Waals surface area (Å²) in [6.07, 6.45) is 1.03. The van der Waals surface area contributed by atoms with Gasteiger partial charge in [-0.25, -0.2) is 12.8 Å². The maximum absolute atomic E-state index is 13.2. The summed E-state index contributed by atoms with van der Waals surface area (Å²) < 4.78 is 45.6. The number of nitrogens with zero attached hydrogens (tertiary/aromatic N) is 2. The topological polar surface area (TPSA) is 79.0 Å². The number of carbonyl (C=O) groups excluding carboxylic acids is 1. The maximum atomic E-state index is 13.2. The molecule has 1 amide bonds. The third-order valence-corrected chi connectivity index (χ3v) is 7.36. The van der Waals surface area contributed by atoms with Gasteiger partial charge in [0, 0.05) is 31.0 Å². The second-order valence-corrected chi connectivity index (χ2v) is 9.25. The molecule has 2 heterocycles. The van der Waals surface area contributed by atoms with Crippen LogP contribution >= 0.6 is 0 Å². The van der Waals surface area contributed by atoms with Gasteiger partial charge in [0.15, 0.2) is 0 Å². The fourth-order valence-corrected chi connectivity index (χ4v) is 5.49. The standard InChI is InChI=1S/C21H24FN3O4S/c22-16-3-9-19(10-4-16)30(27,28)25-11-1-2-20(25)21(26)23-17-5-7-18(8-6-17)24-12-14-29-15-13-24/h3-10,20H,1-2,11-15H2,(H,23,26)/t20-/m0/s1. The highest BCUT2D eigenvalue weighted by molar-refractivity contribution is 7.89. The van der Waals surface area contributed by atoms with E-state index in [-0.39, 0.29) is 17.3 Å². The van der Waals surface area contributed by atoms with E-state index in [0.29, 0.717) is 31.7 Å². The number of rotatable bonds is 5. The molecule has 0 aliphatic carbocycles.